The average molecular weight is 452 g/mol. The molecule has 0 saturated carbocycles. The summed E-state index contributed by atoms with van der Waals surface area (Å²) in [4.78, 5) is 4.23. The van der Waals surface area contributed by atoms with Gasteiger partial charge < -0.3 is 11.1 Å². The molecule has 2 atom stereocenters. The number of fused-ring (bicyclic) bond motifs is 2. The van der Waals surface area contributed by atoms with Crippen molar-refractivity contribution < 1.29 is 13.2 Å². The lowest BCUT2D eigenvalue weighted by Gasteiger charge is -2.21. The molecule has 9 heteroatoms. The average Bonchev–Trinajstić information content (AvgIpc) is 3.43. The van der Waals surface area contributed by atoms with E-state index in [1.165, 1.54) is 12.1 Å². The summed E-state index contributed by atoms with van der Waals surface area (Å²) >= 11 is 0. The third-order valence-electron chi connectivity index (χ3n) is 6.29. The van der Waals surface area contributed by atoms with Crippen molar-refractivity contribution in [2.24, 2.45) is 0 Å². The Morgan fingerprint density at radius 3 is 2.70 bits per heavy atom. The van der Waals surface area contributed by atoms with Gasteiger partial charge in [0.2, 0.25) is 5.65 Å². The number of benzene rings is 2. The van der Waals surface area contributed by atoms with Crippen LogP contribution >= 0.6 is 0 Å². The number of anilines is 1. The van der Waals surface area contributed by atoms with Crippen molar-refractivity contribution >= 4 is 17.0 Å². The van der Waals surface area contributed by atoms with Crippen LogP contribution < -0.4 is 11.1 Å². The smallest absolute Gasteiger partial charge is 0.384 e. The molecule has 0 fully saturated rings. The van der Waals surface area contributed by atoms with Gasteiger partial charge in [-0.05, 0) is 66.3 Å². The quantitative estimate of drug-likeness (QED) is 0.393. The van der Waals surface area contributed by atoms with Gasteiger partial charge in [0, 0.05) is 12.0 Å². The summed E-state index contributed by atoms with van der Waals surface area (Å²) in [5.41, 5.74) is 10.3. The number of hydrogen-bond donors (Lipinski definition) is 3. The Morgan fingerprint density at radius 2 is 1.91 bits per heavy atom. The monoisotopic (exact) mass is 452 g/mol. The number of nitrogens with two attached hydrogens (primary N) is 1. The molecular formula is C24H23F3N6. The number of nitrogen functional groups attached to an aromatic ring is 1. The number of H-pyrrole nitrogens is 1. The van der Waals surface area contributed by atoms with Crippen LogP contribution in [0.5, 0.6) is 0 Å². The predicted molar refractivity (Wildman–Crippen MR) is 120 cm³/mol. The van der Waals surface area contributed by atoms with E-state index in [0.717, 1.165) is 35.1 Å². The Morgan fingerprint density at radius 1 is 1.09 bits per heavy atom. The molecule has 0 aliphatic heterocycles. The molecule has 4 aromatic rings. The SMILES string of the molecule is Nc1cc(C(CCN[C@@H]2CCc3ccc(C(F)(F)F)cc32)c2ccccc2)c2n[nH]nc2n1. The van der Waals surface area contributed by atoms with Crippen LogP contribution in [0.3, 0.4) is 0 Å². The Kier molecular flexibility index (Phi) is 5.49. The molecule has 2 aromatic carbocycles. The Balaban J connectivity index is 1.39. The minimum atomic E-state index is -4.34. The van der Waals surface area contributed by atoms with Crippen LogP contribution in [0.4, 0.5) is 19.0 Å². The lowest BCUT2D eigenvalue weighted by Crippen LogP contribution is -2.23. The van der Waals surface area contributed by atoms with Crippen LogP contribution in [-0.2, 0) is 12.6 Å². The van der Waals surface area contributed by atoms with Crippen LogP contribution in [-0.4, -0.2) is 26.9 Å². The van der Waals surface area contributed by atoms with E-state index in [9.17, 15) is 13.2 Å². The lowest BCUT2D eigenvalue weighted by atomic mass is 9.88. The normalized spacial score (nSPS) is 16.8. The van der Waals surface area contributed by atoms with Crippen LogP contribution in [0, 0.1) is 0 Å². The van der Waals surface area contributed by atoms with Crippen molar-refractivity contribution in [1.82, 2.24) is 25.7 Å². The van der Waals surface area contributed by atoms with E-state index in [-0.39, 0.29) is 12.0 Å². The van der Waals surface area contributed by atoms with Gasteiger partial charge >= 0.3 is 6.18 Å². The van der Waals surface area contributed by atoms with Gasteiger partial charge in [0.15, 0.2) is 0 Å². The molecule has 2 heterocycles. The first-order valence-electron chi connectivity index (χ1n) is 10.9. The van der Waals surface area contributed by atoms with Crippen molar-refractivity contribution in [2.45, 2.75) is 37.4 Å². The van der Waals surface area contributed by atoms with Gasteiger partial charge in [0.1, 0.15) is 11.3 Å². The fraction of sp³-hybridized carbons (Fsp3) is 0.292. The summed E-state index contributed by atoms with van der Waals surface area (Å²) in [7, 11) is 0. The molecule has 2 aromatic heterocycles. The minimum absolute atomic E-state index is 0.0287. The van der Waals surface area contributed by atoms with Gasteiger partial charge in [0.05, 0.1) is 5.56 Å². The molecular weight excluding hydrogens is 429 g/mol. The summed E-state index contributed by atoms with van der Waals surface area (Å²) < 4.78 is 39.6. The van der Waals surface area contributed by atoms with Crippen LogP contribution in [0.15, 0.2) is 54.6 Å². The van der Waals surface area contributed by atoms with Crippen molar-refractivity contribution in [1.29, 1.82) is 0 Å². The molecule has 0 bridgehead atoms. The zero-order chi connectivity index (χ0) is 23.0. The van der Waals surface area contributed by atoms with E-state index in [1.807, 2.05) is 36.4 Å². The summed E-state index contributed by atoms with van der Waals surface area (Å²) in [6.07, 6.45) is -2.08. The standard InChI is InChI=1S/C24H23F3N6/c25-24(26,27)16-8-6-15-7-9-20(18(15)12-16)29-11-10-17(14-4-2-1-3-5-14)19-13-21(28)30-23-22(19)31-33-32-23/h1-6,8,12-13,17,20,29H,7,9-11H2,(H3,28,30,31,32,33)/t17?,20-/m1/s1. The van der Waals surface area contributed by atoms with Crippen LogP contribution in [0.25, 0.3) is 11.2 Å². The Bertz CT molecular complexity index is 1270. The second kappa shape index (κ2) is 8.47. The van der Waals surface area contributed by atoms with Crippen molar-refractivity contribution in [3.05, 3.63) is 82.4 Å². The first-order chi connectivity index (χ1) is 15.9. The summed E-state index contributed by atoms with van der Waals surface area (Å²) in [5.74, 6) is 0.337. The molecule has 0 amide bonds. The molecule has 4 N–H and O–H groups in total. The number of alkyl halides is 3. The number of aromatic amines is 1. The van der Waals surface area contributed by atoms with Crippen molar-refractivity contribution in [3.8, 4) is 0 Å². The zero-order valence-electron chi connectivity index (χ0n) is 17.7. The summed E-state index contributed by atoms with van der Waals surface area (Å²) in [6.45, 7) is 0.613. The molecule has 170 valence electrons. The molecule has 0 radical (unpaired) electrons. The molecule has 1 aliphatic carbocycles. The van der Waals surface area contributed by atoms with E-state index >= 15 is 0 Å². The van der Waals surface area contributed by atoms with Gasteiger partial charge in [-0.2, -0.15) is 23.5 Å². The fourth-order valence-corrected chi connectivity index (χ4v) is 4.72. The topological polar surface area (TPSA) is 92.5 Å². The highest BCUT2D eigenvalue weighted by Crippen LogP contribution is 2.37. The maximum atomic E-state index is 13.2. The first-order valence-corrected chi connectivity index (χ1v) is 10.9. The van der Waals surface area contributed by atoms with Gasteiger partial charge in [-0.3, -0.25) is 0 Å². The van der Waals surface area contributed by atoms with Crippen molar-refractivity contribution in [3.63, 3.8) is 0 Å². The van der Waals surface area contributed by atoms with Crippen LogP contribution in [0.1, 0.15) is 52.6 Å². The van der Waals surface area contributed by atoms with E-state index in [2.05, 4.69) is 25.7 Å². The van der Waals surface area contributed by atoms with Crippen molar-refractivity contribution in [2.75, 3.05) is 12.3 Å². The number of nitrogens with one attached hydrogen (secondary N) is 2. The molecule has 0 saturated heterocycles. The fourth-order valence-electron chi connectivity index (χ4n) is 4.72. The van der Waals surface area contributed by atoms with E-state index in [4.69, 9.17) is 5.73 Å². The number of hydrogen-bond acceptors (Lipinski definition) is 5. The van der Waals surface area contributed by atoms with E-state index in [0.29, 0.717) is 29.9 Å². The summed E-state index contributed by atoms with van der Waals surface area (Å²) in [5, 5.41) is 14.5. The molecule has 6 nitrogen and oxygen atoms in total. The molecule has 1 aliphatic rings. The number of aromatic nitrogens is 4. The van der Waals surface area contributed by atoms with E-state index < -0.39 is 11.7 Å². The van der Waals surface area contributed by atoms with Crippen LogP contribution in [0.2, 0.25) is 0 Å². The zero-order valence-corrected chi connectivity index (χ0v) is 17.7. The summed E-state index contributed by atoms with van der Waals surface area (Å²) in [6, 6.07) is 15.8. The highest BCUT2D eigenvalue weighted by atomic mass is 19.4. The van der Waals surface area contributed by atoms with Gasteiger partial charge in [-0.1, -0.05) is 36.4 Å². The lowest BCUT2D eigenvalue weighted by molar-refractivity contribution is -0.137. The number of pyridine rings is 1. The second-order valence-corrected chi connectivity index (χ2v) is 8.34. The maximum absolute atomic E-state index is 13.2. The van der Waals surface area contributed by atoms with Gasteiger partial charge in [0.25, 0.3) is 0 Å². The minimum Gasteiger partial charge on any atom is -0.384 e. The predicted octanol–water partition coefficient (Wildman–Crippen LogP) is 4.75. The second-order valence-electron chi connectivity index (χ2n) is 8.34. The highest BCUT2D eigenvalue weighted by molar-refractivity contribution is 5.77. The van der Waals surface area contributed by atoms with Gasteiger partial charge in [-0.15, -0.1) is 5.10 Å². The molecule has 0 spiro atoms. The third-order valence-corrected chi connectivity index (χ3v) is 6.29. The number of nitrogens with zero attached hydrogens (tertiary/aromatic N) is 3. The highest BCUT2D eigenvalue weighted by Gasteiger charge is 2.33. The molecule has 33 heavy (non-hydrogen) atoms. The third kappa shape index (κ3) is 4.28. The number of aryl methyl sites for hydroxylation is 1. The molecule has 5 rings (SSSR count). The number of halogens is 3. The van der Waals surface area contributed by atoms with E-state index in [1.54, 1.807) is 6.07 Å². The molecule has 1 unspecified atom stereocenters. The Hall–Kier alpha value is -3.46. The maximum Gasteiger partial charge on any atom is 0.416 e. The van der Waals surface area contributed by atoms with Gasteiger partial charge in [-0.25, -0.2) is 4.98 Å². The number of rotatable bonds is 6. The first kappa shape index (κ1) is 21.4. The largest absolute Gasteiger partial charge is 0.416 e. The Labute approximate surface area is 188 Å².